The number of nitrogens with one attached hydrogen (secondary N) is 2. The molecule has 0 aromatic carbocycles. The Hall–Kier alpha value is -2.76. The van der Waals surface area contributed by atoms with Crippen LogP contribution in [0.3, 0.4) is 0 Å². The minimum Gasteiger partial charge on any atom is -0.487 e. The molecular weight excluding hydrogens is 794 g/mol. The van der Waals surface area contributed by atoms with Crippen molar-refractivity contribution in [3.8, 4) is 17.2 Å². The number of carbonyl (C=O) groups excluding carboxylic acids is 1. The Balaban J connectivity index is 0.000000215. The maximum absolute atomic E-state index is 11.1. The third-order valence-corrected chi connectivity index (χ3v) is 11.8. The van der Waals surface area contributed by atoms with Gasteiger partial charge in [0, 0.05) is 31.9 Å². The number of carbonyl (C=O) groups is 1. The standard InChI is InChI=1S/C14H17ClN2O.C13H15Cl2NO2.C12H15Cl2NO.H2N2.H2/c1-14(2,9-4-3-5-9)18-12-6-13(15)17-11-8-16-7-10(11)12;1-13(2,8-4-3-5-8)18-10-6-11(14)16-12(15)9(10)7-17;1-12(2,8-4-3-5-8)16-9-6-10(13)15-11(14)7-9;1-2;/h6-7,9H,3-5,8H2,1-2H3;6-8H,3-5H2,1-2H3;6-8H,3-5H2,1-2H3;1-2H;1H. The fourth-order valence-electron chi connectivity index (χ4n) is 6.71. The van der Waals surface area contributed by atoms with Gasteiger partial charge in [-0.15, -0.1) is 0 Å². The maximum atomic E-state index is 11.1. The summed E-state index contributed by atoms with van der Waals surface area (Å²) in [5.41, 5.74) is 11.5. The molecule has 15 heteroatoms. The number of aromatic nitrogens is 3. The second-order valence-electron chi connectivity index (χ2n) is 15.5. The number of pyridine rings is 3. The number of hydrogen-bond acceptors (Lipinski definition) is 10. The molecule has 10 nitrogen and oxygen atoms in total. The van der Waals surface area contributed by atoms with Crippen LogP contribution in [0.1, 0.15) is 122 Å². The predicted molar refractivity (Wildman–Crippen MR) is 218 cm³/mol. The maximum Gasteiger partial charge on any atom is 0.156 e. The van der Waals surface area contributed by atoms with E-state index in [1.165, 1.54) is 51.0 Å². The molecule has 3 aromatic heterocycles. The van der Waals surface area contributed by atoms with Crippen LogP contribution in [0.2, 0.25) is 25.8 Å². The molecule has 4 heterocycles. The first-order chi connectivity index (χ1) is 25.5. The molecule has 0 radical (unpaired) electrons. The monoisotopic (exact) mass is 842 g/mol. The van der Waals surface area contributed by atoms with Gasteiger partial charge in [-0.3, -0.25) is 9.79 Å². The van der Waals surface area contributed by atoms with Crippen LogP contribution < -0.4 is 14.2 Å². The zero-order chi connectivity index (χ0) is 39.8. The lowest BCUT2D eigenvalue weighted by Gasteiger charge is -2.40. The number of rotatable bonds is 10. The molecule has 3 saturated carbocycles. The van der Waals surface area contributed by atoms with Crippen LogP contribution in [0.25, 0.3) is 0 Å². The molecule has 3 fully saturated rings. The first kappa shape index (κ1) is 44.0. The van der Waals surface area contributed by atoms with Gasteiger partial charge in [-0.2, -0.15) is 0 Å². The van der Waals surface area contributed by atoms with Crippen molar-refractivity contribution in [2.24, 2.45) is 22.7 Å². The van der Waals surface area contributed by atoms with Crippen molar-refractivity contribution in [2.75, 3.05) is 0 Å². The van der Waals surface area contributed by atoms with E-state index in [9.17, 15) is 4.79 Å². The molecule has 7 rings (SSSR count). The summed E-state index contributed by atoms with van der Waals surface area (Å²) in [6.07, 6.45) is 13.6. The minimum absolute atomic E-state index is 0. The molecule has 296 valence electrons. The Bertz CT molecular complexity index is 1740. The summed E-state index contributed by atoms with van der Waals surface area (Å²) < 4.78 is 18.1. The van der Waals surface area contributed by atoms with E-state index in [-0.39, 0.29) is 34.1 Å². The van der Waals surface area contributed by atoms with Gasteiger partial charge in [0.1, 0.15) is 59.8 Å². The van der Waals surface area contributed by atoms with E-state index in [0.717, 1.165) is 29.8 Å². The SMILES string of the molecule is CC(C)(Oc1cc(Cl)nc(Cl)c1)C1CCC1.CC(C)(Oc1cc(Cl)nc(Cl)c1C=O)C1CCC1.CC(C)(Oc1cc(Cl)nc2c1C=NC2)C1CCC1.N=N.[HH]. The number of ether oxygens (including phenoxy) is 3. The summed E-state index contributed by atoms with van der Waals surface area (Å²) in [6, 6.07) is 6.75. The third-order valence-electron chi connectivity index (χ3n) is 10.7. The van der Waals surface area contributed by atoms with E-state index < -0.39 is 0 Å². The molecule has 0 spiro atoms. The van der Waals surface area contributed by atoms with E-state index >= 15 is 0 Å². The molecule has 0 saturated heterocycles. The molecule has 0 bridgehead atoms. The van der Waals surface area contributed by atoms with Gasteiger partial charge >= 0.3 is 0 Å². The van der Waals surface area contributed by atoms with Gasteiger partial charge < -0.3 is 14.2 Å². The van der Waals surface area contributed by atoms with Crippen molar-refractivity contribution in [1.82, 2.24) is 15.0 Å². The largest absolute Gasteiger partial charge is 0.487 e. The van der Waals surface area contributed by atoms with Gasteiger partial charge in [0.2, 0.25) is 0 Å². The van der Waals surface area contributed by atoms with Crippen LogP contribution in [-0.2, 0) is 6.54 Å². The van der Waals surface area contributed by atoms with Crippen molar-refractivity contribution < 1.29 is 20.4 Å². The van der Waals surface area contributed by atoms with E-state index in [4.69, 9.17) is 83.3 Å². The Morgan fingerprint density at radius 1 is 0.648 bits per heavy atom. The summed E-state index contributed by atoms with van der Waals surface area (Å²) in [5, 5.41) is 1.53. The number of fused-ring (bicyclic) bond motifs is 1. The molecule has 0 unspecified atom stereocenters. The number of hydrogen-bond donors (Lipinski definition) is 2. The number of aliphatic imine (C=N–C) groups is 1. The summed E-state index contributed by atoms with van der Waals surface area (Å²) in [5.74, 6) is 3.69. The Morgan fingerprint density at radius 3 is 1.54 bits per heavy atom. The number of halogens is 5. The van der Waals surface area contributed by atoms with Gasteiger partial charge in [-0.1, -0.05) is 77.3 Å². The lowest BCUT2D eigenvalue weighted by atomic mass is 9.74. The van der Waals surface area contributed by atoms with Crippen LogP contribution in [0.4, 0.5) is 0 Å². The minimum atomic E-state index is -0.329. The quantitative estimate of drug-likeness (QED) is 0.117. The molecule has 3 aromatic rings. The van der Waals surface area contributed by atoms with Crippen LogP contribution in [0.15, 0.2) is 29.3 Å². The van der Waals surface area contributed by atoms with Gasteiger partial charge in [-0.05, 0) is 97.8 Å². The van der Waals surface area contributed by atoms with E-state index in [1.807, 2.05) is 20.1 Å². The summed E-state index contributed by atoms with van der Waals surface area (Å²) in [7, 11) is 0. The zero-order valence-corrected chi connectivity index (χ0v) is 35.4. The molecular formula is C39H51Cl5N6O4. The summed E-state index contributed by atoms with van der Waals surface area (Å²) in [4.78, 5) is 27.3. The fraction of sp³-hybridized carbons (Fsp3) is 0.564. The predicted octanol–water partition coefficient (Wildman–Crippen LogP) is 13.0. The third kappa shape index (κ3) is 11.4. The van der Waals surface area contributed by atoms with E-state index in [2.05, 4.69) is 47.6 Å². The molecule has 3 aliphatic carbocycles. The van der Waals surface area contributed by atoms with Crippen molar-refractivity contribution in [3.05, 3.63) is 66.9 Å². The fourth-order valence-corrected chi connectivity index (χ4v) is 7.81. The van der Waals surface area contributed by atoms with Crippen molar-refractivity contribution in [2.45, 2.75) is 123 Å². The average Bonchev–Trinajstić information content (AvgIpc) is 3.43. The molecule has 0 amide bonds. The van der Waals surface area contributed by atoms with Gasteiger partial charge in [0.15, 0.2) is 6.29 Å². The number of aldehydes is 1. The van der Waals surface area contributed by atoms with Gasteiger partial charge in [0.25, 0.3) is 0 Å². The Kier molecular flexibility index (Phi) is 15.4. The lowest BCUT2D eigenvalue weighted by Crippen LogP contribution is -2.41. The number of nitrogens with zero attached hydrogens (tertiary/aromatic N) is 4. The van der Waals surface area contributed by atoms with Gasteiger partial charge in [-0.25, -0.2) is 26.0 Å². The first-order valence-electron chi connectivity index (χ1n) is 18.1. The average molecular weight is 845 g/mol. The molecule has 1 aliphatic heterocycles. The van der Waals surface area contributed by atoms with Crippen LogP contribution >= 0.6 is 58.0 Å². The van der Waals surface area contributed by atoms with Crippen molar-refractivity contribution >= 4 is 70.5 Å². The molecule has 0 atom stereocenters. The highest BCUT2D eigenvalue weighted by Gasteiger charge is 2.38. The summed E-state index contributed by atoms with van der Waals surface area (Å²) >= 11 is 29.4. The second-order valence-corrected chi connectivity index (χ2v) is 17.4. The highest BCUT2D eigenvalue weighted by molar-refractivity contribution is 6.34. The zero-order valence-electron chi connectivity index (χ0n) is 31.6. The normalized spacial score (nSPS) is 16.7. The van der Waals surface area contributed by atoms with E-state index in [1.54, 1.807) is 18.2 Å². The van der Waals surface area contributed by atoms with Crippen LogP contribution in [-0.4, -0.2) is 44.3 Å². The smallest absolute Gasteiger partial charge is 0.156 e. The molecule has 54 heavy (non-hydrogen) atoms. The molecule has 2 N–H and O–H groups in total. The van der Waals surface area contributed by atoms with Crippen LogP contribution in [0, 0.1) is 28.8 Å². The lowest BCUT2D eigenvalue weighted by molar-refractivity contribution is 0.00445. The topological polar surface area (TPSA) is 143 Å². The van der Waals surface area contributed by atoms with Crippen LogP contribution in [0.5, 0.6) is 17.2 Å². The molecule has 4 aliphatic rings. The van der Waals surface area contributed by atoms with E-state index in [0.29, 0.717) is 57.5 Å². The highest BCUT2D eigenvalue weighted by Crippen LogP contribution is 2.42. The van der Waals surface area contributed by atoms with Crippen molar-refractivity contribution in [3.63, 3.8) is 0 Å². The van der Waals surface area contributed by atoms with Gasteiger partial charge in [0.05, 0.1) is 23.4 Å². The summed E-state index contributed by atoms with van der Waals surface area (Å²) in [6.45, 7) is 13.2. The highest BCUT2D eigenvalue weighted by atomic mass is 35.5. The second kappa shape index (κ2) is 18.9. The van der Waals surface area contributed by atoms with Crippen molar-refractivity contribution in [1.29, 1.82) is 11.1 Å². The Morgan fingerprint density at radius 2 is 1.07 bits per heavy atom. The first-order valence-corrected chi connectivity index (χ1v) is 20.0. The Labute approximate surface area is 344 Å².